The first-order valence-corrected chi connectivity index (χ1v) is 10.8. The topological polar surface area (TPSA) is 101 Å². The summed E-state index contributed by atoms with van der Waals surface area (Å²) in [6.45, 7) is 0. The van der Waals surface area contributed by atoms with E-state index < -0.39 is 10.0 Å². The second kappa shape index (κ2) is 7.89. The molecule has 0 atom stereocenters. The van der Waals surface area contributed by atoms with Gasteiger partial charge in [0.05, 0.1) is 9.37 Å². The summed E-state index contributed by atoms with van der Waals surface area (Å²) in [5.74, 6) is 1.30. The molecule has 0 radical (unpaired) electrons. The van der Waals surface area contributed by atoms with Crippen LogP contribution in [0.5, 0.6) is 0 Å². The van der Waals surface area contributed by atoms with Crippen LogP contribution in [0.3, 0.4) is 0 Å². The molecular weight excluding hydrogens is 418 g/mol. The van der Waals surface area contributed by atoms with Crippen LogP contribution < -0.4 is 15.4 Å². The Labute approximate surface area is 162 Å². The Kier molecular flexibility index (Phi) is 5.79. The Balaban J connectivity index is 1.78. The van der Waals surface area contributed by atoms with E-state index in [1.54, 1.807) is 18.3 Å². The zero-order valence-corrected chi connectivity index (χ0v) is 16.9. The molecule has 0 aliphatic heterocycles. The van der Waals surface area contributed by atoms with Gasteiger partial charge in [-0.1, -0.05) is 19.3 Å². The van der Waals surface area contributed by atoms with Crippen LogP contribution in [0.2, 0.25) is 0 Å². The first kappa shape index (κ1) is 19.1. The average molecular weight is 440 g/mol. The minimum atomic E-state index is -3.70. The highest BCUT2D eigenvalue weighted by Gasteiger charge is 2.21. The quantitative estimate of drug-likeness (QED) is 0.739. The number of aromatic nitrogens is 2. The molecular formula is C17H22BrN5O2S. The molecule has 1 aromatic carbocycles. The van der Waals surface area contributed by atoms with Gasteiger partial charge < -0.3 is 10.2 Å². The maximum absolute atomic E-state index is 11.3. The Morgan fingerprint density at radius 2 is 1.85 bits per heavy atom. The number of primary sulfonamides is 1. The molecule has 0 spiro atoms. The molecule has 140 valence electrons. The largest absolute Gasteiger partial charge is 0.356 e. The first-order valence-electron chi connectivity index (χ1n) is 8.50. The molecule has 1 aliphatic rings. The molecule has 7 nitrogen and oxygen atoms in total. The average Bonchev–Trinajstić information content (AvgIpc) is 2.63. The Bertz CT molecular complexity index is 867. The zero-order chi connectivity index (χ0) is 18.7. The fraction of sp³-hybridized carbons (Fsp3) is 0.412. The molecule has 3 N–H and O–H groups in total. The minimum Gasteiger partial charge on any atom is -0.356 e. The fourth-order valence-electron chi connectivity index (χ4n) is 3.16. The van der Waals surface area contributed by atoms with Gasteiger partial charge in [0.2, 0.25) is 16.0 Å². The van der Waals surface area contributed by atoms with Gasteiger partial charge in [-0.05, 0) is 53.0 Å². The van der Waals surface area contributed by atoms with Gasteiger partial charge in [-0.15, -0.1) is 0 Å². The molecule has 3 rings (SSSR count). The fourth-order valence-corrected chi connectivity index (χ4v) is 4.15. The monoisotopic (exact) mass is 439 g/mol. The second-order valence-corrected chi connectivity index (χ2v) is 8.88. The molecule has 1 heterocycles. The molecule has 1 fully saturated rings. The Morgan fingerprint density at radius 1 is 1.19 bits per heavy atom. The van der Waals surface area contributed by atoms with E-state index in [9.17, 15) is 8.42 Å². The summed E-state index contributed by atoms with van der Waals surface area (Å²) >= 11 is 3.54. The predicted molar refractivity (Wildman–Crippen MR) is 106 cm³/mol. The van der Waals surface area contributed by atoms with E-state index in [4.69, 9.17) is 5.14 Å². The maximum atomic E-state index is 11.3. The van der Waals surface area contributed by atoms with Gasteiger partial charge in [-0.3, -0.25) is 0 Å². The SMILES string of the molecule is CN(c1nc(Nc2ccc(S(N)(=O)=O)cc2)ncc1Br)C1CCCCC1. The summed E-state index contributed by atoms with van der Waals surface area (Å²) in [6.07, 6.45) is 7.87. The summed E-state index contributed by atoms with van der Waals surface area (Å²) in [5, 5.41) is 8.22. The lowest BCUT2D eigenvalue weighted by atomic mass is 9.94. The number of sulfonamides is 1. The summed E-state index contributed by atoms with van der Waals surface area (Å²) in [5.41, 5.74) is 0.686. The number of nitrogens with zero attached hydrogens (tertiary/aromatic N) is 3. The molecule has 0 amide bonds. The number of hydrogen-bond donors (Lipinski definition) is 2. The standard InChI is InChI=1S/C17H22BrN5O2S/c1-23(13-5-3-2-4-6-13)16-15(18)11-20-17(22-16)21-12-7-9-14(10-8-12)26(19,24)25/h7-11,13H,2-6H2,1H3,(H2,19,24,25)(H,20,21,22). The van der Waals surface area contributed by atoms with Crippen molar-refractivity contribution in [2.75, 3.05) is 17.3 Å². The van der Waals surface area contributed by atoms with E-state index in [2.05, 4.69) is 43.2 Å². The van der Waals surface area contributed by atoms with Gasteiger partial charge in [-0.25, -0.2) is 18.5 Å². The molecule has 26 heavy (non-hydrogen) atoms. The lowest BCUT2D eigenvalue weighted by Crippen LogP contribution is -2.34. The van der Waals surface area contributed by atoms with E-state index in [-0.39, 0.29) is 4.90 Å². The first-order chi connectivity index (χ1) is 12.3. The van der Waals surface area contributed by atoms with Crippen LogP contribution in [0.4, 0.5) is 17.5 Å². The van der Waals surface area contributed by atoms with Crippen LogP contribution in [-0.2, 0) is 10.0 Å². The van der Waals surface area contributed by atoms with Crippen molar-refractivity contribution in [3.63, 3.8) is 0 Å². The molecule has 9 heteroatoms. The van der Waals surface area contributed by atoms with Gasteiger partial charge in [0.15, 0.2) is 0 Å². The van der Waals surface area contributed by atoms with Gasteiger partial charge in [0.25, 0.3) is 0 Å². The van der Waals surface area contributed by atoms with Crippen molar-refractivity contribution < 1.29 is 8.42 Å². The van der Waals surface area contributed by atoms with Gasteiger partial charge in [0, 0.05) is 25.0 Å². The predicted octanol–water partition coefficient (Wildman–Crippen LogP) is 3.40. The van der Waals surface area contributed by atoms with Crippen molar-refractivity contribution in [1.29, 1.82) is 0 Å². The second-order valence-electron chi connectivity index (χ2n) is 6.46. The third kappa shape index (κ3) is 4.52. The van der Waals surface area contributed by atoms with E-state index >= 15 is 0 Å². The van der Waals surface area contributed by atoms with Crippen LogP contribution in [0, 0.1) is 0 Å². The zero-order valence-electron chi connectivity index (χ0n) is 14.5. The van der Waals surface area contributed by atoms with Crippen molar-refractivity contribution in [1.82, 2.24) is 9.97 Å². The number of benzene rings is 1. The third-order valence-corrected chi connectivity index (χ3v) is 6.11. The van der Waals surface area contributed by atoms with E-state index in [1.807, 2.05) is 0 Å². The highest BCUT2D eigenvalue weighted by Crippen LogP contribution is 2.30. The van der Waals surface area contributed by atoms with E-state index in [0.29, 0.717) is 17.7 Å². The molecule has 0 bridgehead atoms. The number of nitrogens with one attached hydrogen (secondary N) is 1. The van der Waals surface area contributed by atoms with Gasteiger partial charge >= 0.3 is 0 Å². The molecule has 1 aromatic heterocycles. The summed E-state index contributed by atoms with van der Waals surface area (Å²) < 4.78 is 23.5. The third-order valence-electron chi connectivity index (χ3n) is 4.62. The number of hydrogen-bond acceptors (Lipinski definition) is 6. The van der Waals surface area contributed by atoms with E-state index in [0.717, 1.165) is 10.3 Å². The molecule has 2 aromatic rings. The van der Waals surface area contributed by atoms with Gasteiger partial charge in [-0.2, -0.15) is 4.98 Å². The van der Waals surface area contributed by atoms with Crippen LogP contribution in [0.25, 0.3) is 0 Å². The Morgan fingerprint density at radius 3 is 2.46 bits per heavy atom. The lowest BCUT2D eigenvalue weighted by Gasteiger charge is -2.32. The highest BCUT2D eigenvalue weighted by atomic mass is 79.9. The summed E-state index contributed by atoms with van der Waals surface area (Å²) in [4.78, 5) is 11.2. The number of anilines is 3. The maximum Gasteiger partial charge on any atom is 0.238 e. The lowest BCUT2D eigenvalue weighted by molar-refractivity contribution is 0.425. The molecule has 0 unspecified atom stereocenters. The molecule has 1 aliphatic carbocycles. The smallest absolute Gasteiger partial charge is 0.238 e. The molecule has 0 saturated heterocycles. The summed E-state index contributed by atoms with van der Waals surface area (Å²) in [6, 6.07) is 6.65. The van der Waals surface area contributed by atoms with Crippen LogP contribution in [0.1, 0.15) is 32.1 Å². The number of rotatable bonds is 5. The van der Waals surface area contributed by atoms with Crippen LogP contribution in [0.15, 0.2) is 39.8 Å². The number of halogens is 1. The van der Waals surface area contributed by atoms with Gasteiger partial charge in [0.1, 0.15) is 5.82 Å². The highest BCUT2D eigenvalue weighted by molar-refractivity contribution is 9.10. The van der Waals surface area contributed by atoms with Crippen molar-refractivity contribution >= 4 is 43.4 Å². The number of nitrogens with two attached hydrogens (primary N) is 1. The van der Waals surface area contributed by atoms with Crippen LogP contribution >= 0.6 is 15.9 Å². The minimum absolute atomic E-state index is 0.0671. The van der Waals surface area contributed by atoms with Crippen molar-refractivity contribution in [3.05, 3.63) is 34.9 Å². The molecule has 1 saturated carbocycles. The van der Waals surface area contributed by atoms with Crippen molar-refractivity contribution in [2.45, 2.75) is 43.0 Å². The Hall–Kier alpha value is -1.71. The van der Waals surface area contributed by atoms with Crippen molar-refractivity contribution in [3.8, 4) is 0 Å². The van der Waals surface area contributed by atoms with Crippen LogP contribution in [-0.4, -0.2) is 31.5 Å². The van der Waals surface area contributed by atoms with E-state index in [1.165, 1.54) is 44.2 Å². The normalized spacial score (nSPS) is 15.7. The van der Waals surface area contributed by atoms with Crippen molar-refractivity contribution in [2.24, 2.45) is 5.14 Å². The summed E-state index contributed by atoms with van der Waals surface area (Å²) in [7, 11) is -1.64.